The highest BCUT2D eigenvalue weighted by Gasteiger charge is 2.30. The molecular formula is C24H21F3N2O4. The molecule has 3 rings (SSSR count). The van der Waals surface area contributed by atoms with E-state index in [1.807, 2.05) is 0 Å². The maximum atomic E-state index is 12.9. The van der Waals surface area contributed by atoms with E-state index in [1.54, 1.807) is 30.3 Å². The summed E-state index contributed by atoms with van der Waals surface area (Å²) in [6.07, 6.45) is -4.77. The van der Waals surface area contributed by atoms with Crippen LogP contribution < -0.4 is 20.1 Å². The predicted molar refractivity (Wildman–Crippen MR) is 118 cm³/mol. The lowest BCUT2D eigenvalue weighted by atomic mass is 10.1. The molecule has 0 saturated carbocycles. The monoisotopic (exact) mass is 458 g/mol. The molecule has 2 amide bonds. The van der Waals surface area contributed by atoms with Crippen LogP contribution in [0.4, 0.5) is 24.5 Å². The molecule has 3 aromatic carbocycles. The highest BCUT2D eigenvalue weighted by Crippen LogP contribution is 2.37. The van der Waals surface area contributed by atoms with Crippen LogP contribution in [0.2, 0.25) is 0 Å². The van der Waals surface area contributed by atoms with Gasteiger partial charge >= 0.3 is 6.18 Å². The molecule has 0 saturated heterocycles. The molecule has 0 aliphatic heterocycles. The van der Waals surface area contributed by atoms with Gasteiger partial charge in [0.25, 0.3) is 5.91 Å². The SMILES string of the molecule is COc1cc(NC(=O)c2ccccc2)c(OC)cc1NC(=O)Cc1cccc(C(F)(F)F)c1. The first-order valence-electron chi connectivity index (χ1n) is 9.79. The maximum Gasteiger partial charge on any atom is 0.416 e. The van der Waals surface area contributed by atoms with Crippen molar-refractivity contribution >= 4 is 23.2 Å². The van der Waals surface area contributed by atoms with Crippen LogP contribution in [0.3, 0.4) is 0 Å². The van der Waals surface area contributed by atoms with Gasteiger partial charge in [-0.1, -0.05) is 36.4 Å². The molecule has 0 spiro atoms. The van der Waals surface area contributed by atoms with Crippen molar-refractivity contribution in [1.82, 2.24) is 0 Å². The first kappa shape index (κ1) is 23.6. The summed E-state index contributed by atoms with van der Waals surface area (Å²) in [6, 6.07) is 16.1. The van der Waals surface area contributed by atoms with Crippen molar-refractivity contribution in [3.63, 3.8) is 0 Å². The van der Waals surface area contributed by atoms with Crippen molar-refractivity contribution in [2.24, 2.45) is 0 Å². The first-order valence-corrected chi connectivity index (χ1v) is 9.79. The van der Waals surface area contributed by atoms with Crippen LogP contribution in [-0.2, 0) is 17.4 Å². The molecule has 2 N–H and O–H groups in total. The Hall–Kier alpha value is -4.01. The van der Waals surface area contributed by atoms with Crippen LogP contribution in [0.25, 0.3) is 0 Å². The molecule has 0 aliphatic rings. The van der Waals surface area contributed by atoms with Gasteiger partial charge in [0.05, 0.1) is 37.6 Å². The van der Waals surface area contributed by atoms with E-state index in [9.17, 15) is 22.8 Å². The zero-order valence-corrected chi connectivity index (χ0v) is 17.8. The number of nitrogens with one attached hydrogen (secondary N) is 2. The van der Waals surface area contributed by atoms with Crippen molar-refractivity contribution in [2.75, 3.05) is 24.9 Å². The molecule has 0 fully saturated rings. The number of ether oxygens (including phenoxy) is 2. The summed E-state index contributed by atoms with van der Waals surface area (Å²) in [4.78, 5) is 25.0. The average Bonchev–Trinajstić information content (AvgIpc) is 2.79. The van der Waals surface area contributed by atoms with Crippen molar-refractivity contribution in [1.29, 1.82) is 0 Å². The molecule has 0 aromatic heterocycles. The molecule has 0 atom stereocenters. The number of anilines is 2. The Balaban J connectivity index is 1.79. The van der Waals surface area contributed by atoms with Gasteiger partial charge in [0.2, 0.25) is 5.91 Å². The van der Waals surface area contributed by atoms with E-state index in [-0.39, 0.29) is 35.1 Å². The van der Waals surface area contributed by atoms with Gasteiger partial charge in [-0.15, -0.1) is 0 Å². The zero-order valence-electron chi connectivity index (χ0n) is 17.8. The van der Waals surface area contributed by atoms with Crippen LogP contribution in [0.1, 0.15) is 21.5 Å². The van der Waals surface area contributed by atoms with E-state index in [1.165, 1.54) is 38.5 Å². The van der Waals surface area contributed by atoms with Gasteiger partial charge in [-0.25, -0.2) is 0 Å². The second-order valence-corrected chi connectivity index (χ2v) is 7.00. The summed E-state index contributed by atoms with van der Waals surface area (Å²) in [7, 11) is 2.78. The van der Waals surface area contributed by atoms with Crippen LogP contribution in [0.5, 0.6) is 11.5 Å². The van der Waals surface area contributed by atoms with Gasteiger partial charge in [-0.05, 0) is 23.8 Å². The number of amides is 2. The highest BCUT2D eigenvalue weighted by molar-refractivity contribution is 6.05. The van der Waals surface area contributed by atoms with Crippen molar-refractivity contribution in [3.8, 4) is 11.5 Å². The number of hydrogen-bond donors (Lipinski definition) is 2. The molecule has 33 heavy (non-hydrogen) atoms. The molecule has 0 unspecified atom stereocenters. The maximum absolute atomic E-state index is 12.9. The molecule has 172 valence electrons. The summed E-state index contributed by atoms with van der Waals surface area (Å²) in [6.45, 7) is 0. The van der Waals surface area contributed by atoms with Crippen LogP contribution in [0, 0.1) is 0 Å². The minimum atomic E-state index is -4.50. The van der Waals surface area contributed by atoms with E-state index in [2.05, 4.69) is 10.6 Å². The van der Waals surface area contributed by atoms with E-state index in [0.717, 1.165) is 12.1 Å². The molecule has 0 heterocycles. The minimum Gasteiger partial charge on any atom is -0.494 e. The molecule has 9 heteroatoms. The quantitative estimate of drug-likeness (QED) is 0.513. The van der Waals surface area contributed by atoms with E-state index < -0.39 is 17.6 Å². The van der Waals surface area contributed by atoms with Gasteiger partial charge in [0.15, 0.2) is 0 Å². The Morgan fingerprint density at radius 2 is 1.42 bits per heavy atom. The Morgan fingerprint density at radius 3 is 2.00 bits per heavy atom. The summed E-state index contributed by atoms with van der Waals surface area (Å²) in [5.74, 6) is -0.418. The van der Waals surface area contributed by atoms with Gasteiger partial charge in [-0.3, -0.25) is 9.59 Å². The van der Waals surface area contributed by atoms with Crippen molar-refractivity contribution in [2.45, 2.75) is 12.6 Å². The summed E-state index contributed by atoms with van der Waals surface area (Å²) >= 11 is 0. The Kier molecular flexibility index (Phi) is 7.22. The van der Waals surface area contributed by atoms with E-state index in [4.69, 9.17) is 9.47 Å². The molecule has 0 aliphatic carbocycles. The van der Waals surface area contributed by atoms with E-state index in [0.29, 0.717) is 11.3 Å². The smallest absolute Gasteiger partial charge is 0.416 e. The number of hydrogen-bond acceptors (Lipinski definition) is 4. The Morgan fingerprint density at radius 1 is 0.818 bits per heavy atom. The summed E-state index contributed by atoms with van der Waals surface area (Å²) in [5, 5.41) is 5.35. The molecule has 0 bridgehead atoms. The highest BCUT2D eigenvalue weighted by atomic mass is 19.4. The summed E-state index contributed by atoms with van der Waals surface area (Å²) < 4.78 is 49.4. The summed E-state index contributed by atoms with van der Waals surface area (Å²) in [5.41, 5.74) is 0.380. The fourth-order valence-corrected chi connectivity index (χ4v) is 3.11. The minimum absolute atomic E-state index is 0.208. The van der Waals surface area contributed by atoms with Gasteiger partial charge in [0, 0.05) is 17.7 Å². The number of alkyl halides is 3. The molecular weight excluding hydrogens is 437 g/mol. The second-order valence-electron chi connectivity index (χ2n) is 7.00. The topological polar surface area (TPSA) is 76.7 Å². The standard InChI is InChI=1S/C24H21F3N2O4/c1-32-20-14-19(29-23(31)16-8-4-3-5-9-16)21(33-2)13-18(20)28-22(30)12-15-7-6-10-17(11-15)24(25,26)27/h3-11,13-14H,12H2,1-2H3,(H,28,30)(H,29,31). The van der Waals surface area contributed by atoms with Crippen LogP contribution >= 0.6 is 0 Å². The lowest BCUT2D eigenvalue weighted by Gasteiger charge is -2.16. The third-order valence-electron chi connectivity index (χ3n) is 4.70. The van der Waals surface area contributed by atoms with E-state index >= 15 is 0 Å². The Bertz CT molecular complexity index is 1150. The van der Waals surface area contributed by atoms with Crippen molar-refractivity contribution < 1.29 is 32.2 Å². The third-order valence-corrected chi connectivity index (χ3v) is 4.70. The predicted octanol–water partition coefficient (Wildman–Crippen LogP) is 5.16. The first-order chi connectivity index (χ1) is 15.7. The fraction of sp³-hybridized carbons (Fsp3) is 0.167. The van der Waals surface area contributed by atoms with Gasteiger partial charge in [0.1, 0.15) is 11.5 Å². The number of rotatable bonds is 7. The molecule has 6 nitrogen and oxygen atoms in total. The Labute approximate surface area is 188 Å². The lowest BCUT2D eigenvalue weighted by Crippen LogP contribution is -2.17. The van der Waals surface area contributed by atoms with Crippen LogP contribution in [-0.4, -0.2) is 26.0 Å². The molecule has 3 aromatic rings. The second kappa shape index (κ2) is 10.1. The zero-order chi connectivity index (χ0) is 24.0. The number of benzene rings is 3. The molecule has 0 radical (unpaired) electrons. The number of carbonyl (C=O) groups is 2. The van der Waals surface area contributed by atoms with Crippen molar-refractivity contribution in [3.05, 3.63) is 83.4 Å². The number of methoxy groups -OCH3 is 2. The normalized spacial score (nSPS) is 10.9. The van der Waals surface area contributed by atoms with Gasteiger partial charge in [-0.2, -0.15) is 13.2 Å². The third kappa shape index (κ3) is 6.03. The largest absolute Gasteiger partial charge is 0.494 e. The number of carbonyl (C=O) groups excluding carboxylic acids is 2. The lowest BCUT2D eigenvalue weighted by molar-refractivity contribution is -0.137. The average molecular weight is 458 g/mol. The fourth-order valence-electron chi connectivity index (χ4n) is 3.11. The van der Waals surface area contributed by atoms with Crippen LogP contribution in [0.15, 0.2) is 66.7 Å². The van der Waals surface area contributed by atoms with Gasteiger partial charge < -0.3 is 20.1 Å². The number of halogens is 3.